The molecule has 2 aliphatic heterocycles. The quantitative estimate of drug-likeness (QED) is 0.165. The SMILES string of the molecule is O=C(C=Cc1c(-c2cccc(Br)c2)cc(Sc2cc(-c3cccc(Br)c3)c(C=CC(=O)N3CCOCC3)c(Cl)c2Cl)c(Cl)c1Cl)N1CCOCC1. The van der Waals surface area contributed by atoms with E-state index in [1.54, 1.807) is 22.0 Å². The number of halogens is 6. The molecule has 6 nitrogen and oxygen atoms in total. The zero-order valence-corrected chi connectivity index (χ0v) is 34.0. The molecule has 13 heteroatoms. The van der Waals surface area contributed by atoms with Crippen molar-refractivity contribution in [1.29, 1.82) is 0 Å². The normalized spacial score (nSPS) is 15.3. The van der Waals surface area contributed by atoms with Crippen molar-refractivity contribution in [2.24, 2.45) is 0 Å². The third kappa shape index (κ3) is 9.26. The van der Waals surface area contributed by atoms with Gasteiger partial charge in [0.15, 0.2) is 0 Å². The number of morpholine rings is 2. The first kappa shape index (κ1) is 38.4. The van der Waals surface area contributed by atoms with E-state index in [4.69, 9.17) is 55.9 Å². The van der Waals surface area contributed by atoms with E-state index < -0.39 is 0 Å². The van der Waals surface area contributed by atoms with E-state index in [-0.39, 0.29) is 11.8 Å². The fourth-order valence-electron chi connectivity index (χ4n) is 5.70. The minimum atomic E-state index is -0.133. The van der Waals surface area contributed by atoms with Crippen molar-refractivity contribution in [3.8, 4) is 22.3 Å². The van der Waals surface area contributed by atoms with E-state index in [1.807, 2.05) is 60.7 Å². The molecule has 0 unspecified atom stereocenters. The molecule has 4 aromatic rings. The summed E-state index contributed by atoms with van der Waals surface area (Å²) < 4.78 is 12.6. The Labute approximate surface area is 337 Å². The first-order chi connectivity index (χ1) is 24.6. The van der Waals surface area contributed by atoms with Crippen LogP contribution >= 0.6 is 90.0 Å². The Kier molecular flexibility index (Phi) is 13.3. The smallest absolute Gasteiger partial charge is 0.246 e. The molecule has 0 bridgehead atoms. The molecule has 2 heterocycles. The number of hydrogen-bond acceptors (Lipinski definition) is 5. The van der Waals surface area contributed by atoms with Gasteiger partial charge in [-0.25, -0.2) is 0 Å². The molecule has 6 rings (SSSR count). The largest absolute Gasteiger partial charge is 0.378 e. The average molecular weight is 912 g/mol. The maximum absolute atomic E-state index is 13.0. The van der Waals surface area contributed by atoms with Gasteiger partial charge in [0.05, 0.1) is 46.5 Å². The topological polar surface area (TPSA) is 59.1 Å². The highest BCUT2D eigenvalue weighted by Crippen LogP contribution is 2.49. The van der Waals surface area contributed by atoms with E-state index in [1.165, 1.54) is 23.9 Å². The number of rotatable bonds is 8. The molecule has 0 radical (unpaired) electrons. The lowest BCUT2D eigenvalue weighted by Gasteiger charge is -2.25. The Hall–Kier alpha value is -2.31. The molecule has 2 amide bonds. The van der Waals surface area contributed by atoms with Crippen molar-refractivity contribution < 1.29 is 19.1 Å². The maximum Gasteiger partial charge on any atom is 0.246 e. The van der Waals surface area contributed by atoms with Gasteiger partial charge in [0.25, 0.3) is 0 Å². The van der Waals surface area contributed by atoms with Crippen LogP contribution in [0.1, 0.15) is 11.1 Å². The molecule has 0 spiro atoms. The molecule has 0 aromatic heterocycles. The van der Waals surface area contributed by atoms with Gasteiger partial charge in [0.1, 0.15) is 0 Å². The first-order valence-corrected chi connectivity index (χ1v) is 19.9. The maximum atomic E-state index is 13.0. The molecular weight excluding hydrogens is 882 g/mol. The van der Waals surface area contributed by atoms with Crippen LogP contribution in [0.5, 0.6) is 0 Å². The van der Waals surface area contributed by atoms with Crippen LogP contribution < -0.4 is 0 Å². The first-order valence-electron chi connectivity index (χ1n) is 15.9. The molecule has 264 valence electrons. The summed E-state index contributed by atoms with van der Waals surface area (Å²) in [4.78, 5) is 30.8. The van der Waals surface area contributed by atoms with E-state index in [0.29, 0.717) is 93.6 Å². The summed E-state index contributed by atoms with van der Waals surface area (Å²) in [6.45, 7) is 4.10. The Morgan fingerprint density at radius 1 is 0.608 bits per heavy atom. The predicted molar refractivity (Wildman–Crippen MR) is 216 cm³/mol. The van der Waals surface area contributed by atoms with Crippen LogP contribution in [0.3, 0.4) is 0 Å². The number of amides is 2. The van der Waals surface area contributed by atoms with Crippen molar-refractivity contribution >= 4 is 114 Å². The number of hydrogen-bond donors (Lipinski definition) is 0. The van der Waals surface area contributed by atoms with Gasteiger partial charge < -0.3 is 19.3 Å². The van der Waals surface area contributed by atoms with Gasteiger partial charge in [-0.15, -0.1) is 0 Å². The third-order valence-corrected chi connectivity index (χ3v) is 12.4. The standard InChI is InChI=1S/C38H30Br2Cl4N2O4S/c39-25-5-1-3-23(19-25)29-21-31(37(43)35(41)27(29)7-9-33(47)45-11-15-49-16-12-45)51-32-22-30(24-4-2-6-26(40)20-24)28(36(42)38(32)44)8-10-34(48)46-13-17-50-18-14-46/h1-10,19-22H,11-18H2. The molecule has 0 saturated carbocycles. The van der Waals surface area contributed by atoms with Crippen LogP contribution in [0.4, 0.5) is 0 Å². The van der Waals surface area contributed by atoms with Crippen LogP contribution in [0.25, 0.3) is 34.4 Å². The molecule has 2 saturated heterocycles. The van der Waals surface area contributed by atoms with Crippen molar-refractivity contribution in [3.63, 3.8) is 0 Å². The Morgan fingerprint density at radius 2 is 1.00 bits per heavy atom. The van der Waals surface area contributed by atoms with Crippen LogP contribution in [0.15, 0.2) is 91.6 Å². The molecule has 0 N–H and O–H groups in total. The number of carbonyl (C=O) groups excluding carboxylic acids is 2. The molecule has 4 aromatic carbocycles. The summed E-state index contributed by atoms with van der Waals surface area (Å²) in [7, 11) is 0. The highest BCUT2D eigenvalue weighted by molar-refractivity contribution is 9.10. The highest BCUT2D eigenvalue weighted by atomic mass is 79.9. The Bertz CT molecular complexity index is 1890. The average Bonchev–Trinajstić information content (AvgIpc) is 3.14. The molecule has 0 atom stereocenters. The lowest BCUT2D eigenvalue weighted by Crippen LogP contribution is -2.39. The second-order valence-corrected chi connectivity index (χ2v) is 16.0. The Morgan fingerprint density at radius 3 is 1.37 bits per heavy atom. The molecular formula is C38H30Br2Cl4N2O4S. The van der Waals surface area contributed by atoms with Gasteiger partial charge in [-0.05, 0) is 70.8 Å². The fraction of sp³-hybridized carbons (Fsp3) is 0.211. The van der Waals surface area contributed by atoms with E-state index in [0.717, 1.165) is 31.2 Å². The van der Waals surface area contributed by atoms with Gasteiger partial charge in [-0.3, -0.25) is 9.59 Å². The Balaban J connectivity index is 1.42. The van der Waals surface area contributed by atoms with Gasteiger partial charge in [-0.1, -0.05) is 114 Å². The summed E-state index contributed by atoms with van der Waals surface area (Å²) in [5.74, 6) is -0.266. The predicted octanol–water partition coefficient (Wildman–Crippen LogP) is 11.1. The lowest BCUT2D eigenvalue weighted by molar-refractivity contribution is -0.130. The van der Waals surface area contributed by atoms with E-state index in [2.05, 4.69) is 31.9 Å². The summed E-state index contributed by atoms with van der Waals surface area (Å²) in [6.07, 6.45) is 6.47. The van der Waals surface area contributed by atoms with Gasteiger partial charge in [0.2, 0.25) is 11.8 Å². The van der Waals surface area contributed by atoms with Crippen LogP contribution in [0.2, 0.25) is 20.1 Å². The van der Waals surface area contributed by atoms with Crippen molar-refractivity contribution in [1.82, 2.24) is 9.80 Å². The summed E-state index contributed by atoms with van der Waals surface area (Å²) in [6, 6.07) is 19.5. The van der Waals surface area contributed by atoms with Gasteiger partial charge in [-0.2, -0.15) is 0 Å². The van der Waals surface area contributed by atoms with Crippen LogP contribution in [-0.4, -0.2) is 74.2 Å². The third-order valence-electron chi connectivity index (χ3n) is 8.34. The second kappa shape index (κ2) is 17.7. The zero-order chi connectivity index (χ0) is 36.1. The summed E-state index contributed by atoms with van der Waals surface area (Å²) >= 11 is 36.6. The van der Waals surface area contributed by atoms with Crippen LogP contribution in [0, 0.1) is 0 Å². The minimum Gasteiger partial charge on any atom is -0.378 e. The molecule has 2 aliphatic rings. The molecule has 0 aliphatic carbocycles. The van der Waals surface area contributed by atoms with E-state index in [9.17, 15) is 9.59 Å². The lowest BCUT2D eigenvalue weighted by atomic mass is 9.99. The van der Waals surface area contributed by atoms with Gasteiger partial charge >= 0.3 is 0 Å². The number of benzene rings is 4. The monoisotopic (exact) mass is 908 g/mol. The molecule has 2 fully saturated rings. The number of carbonyl (C=O) groups is 2. The summed E-state index contributed by atoms with van der Waals surface area (Å²) in [5.41, 5.74) is 4.50. The van der Waals surface area contributed by atoms with Crippen molar-refractivity contribution in [3.05, 3.63) is 113 Å². The van der Waals surface area contributed by atoms with Crippen LogP contribution in [-0.2, 0) is 19.1 Å². The minimum absolute atomic E-state index is 0.133. The van der Waals surface area contributed by atoms with Gasteiger partial charge in [0, 0.05) is 68.2 Å². The summed E-state index contributed by atoms with van der Waals surface area (Å²) in [5, 5.41) is 1.18. The van der Waals surface area contributed by atoms with Crippen molar-refractivity contribution in [2.75, 3.05) is 52.6 Å². The van der Waals surface area contributed by atoms with Crippen molar-refractivity contribution in [2.45, 2.75) is 9.79 Å². The fourth-order valence-corrected chi connectivity index (χ4v) is 8.67. The highest BCUT2D eigenvalue weighted by Gasteiger charge is 2.22. The number of ether oxygens (including phenoxy) is 2. The van der Waals surface area contributed by atoms with E-state index >= 15 is 0 Å². The second-order valence-electron chi connectivity index (χ2n) is 11.6. The molecule has 51 heavy (non-hydrogen) atoms. The zero-order valence-electron chi connectivity index (χ0n) is 26.9. The number of nitrogens with zero attached hydrogens (tertiary/aromatic N) is 2.